The summed E-state index contributed by atoms with van der Waals surface area (Å²) in [7, 11) is 0. The molecule has 1 rings (SSSR count). The Kier molecular flexibility index (Phi) is 5.82. The lowest BCUT2D eigenvalue weighted by molar-refractivity contribution is -0.121. The molecule has 2 N–H and O–H groups in total. The lowest BCUT2D eigenvalue weighted by atomic mass is 10.0. The number of rotatable bonds is 6. The van der Waals surface area contributed by atoms with Crippen LogP contribution < -0.4 is 10.6 Å². The third-order valence-electron chi connectivity index (χ3n) is 2.92. The molecule has 0 aromatic heterocycles. The van der Waals surface area contributed by atoms with Gasteiger partial charge in [0.05, 0.1) is 6.54 Å². The van der Waals surface area contributed by atoms with E-state index >= 15 is 0 Å². The van der Waals surface area contributed by atoms with E-state index in [4.69, 9.17) is 0 Å². The first-order chi connectivity index (χ1) is 8.44. The van der Waals surface area contributed by atoms with Gasteiger partial charge in [-0.25, -0.2) is 0 Å². The number of carbonyl (C=O) groups excluding carboxylic acids is 1. The van der Waals surface area contributed by atoms with Gasteiger partial charge in [0.25, 0.3) is 0 Å². The predicted octanol–water partition coefficient (Wildman–Crippen LogP) is 2.84. The molecule has 1 aromatic rings. The molecule has 1 amide bonds. The quantitative estimate of drug-likeness (QED) is 0.848. The van der Waals surface area contributed by atoms with Crippen LogP contribution in [0.15, 0.2) is 28.7 Å². The van der Waals surface area contributed by atoms with Gasteiger partial charge in [-0.15, -0.1) is 0 Å². The van der Waals surface area contributed by atoms with Crippen LogP contribution in [0, 0.1) is 0 Å². The van der Waals surface area contributed by atoms with Crippen molar-refractivity contribution >= 4 is 21.8 Å². The summed E-state index contributed by atoms with van der Waals surface area (Å²) in [5.41, 5.74) is 1.02. The van der Waals surface area contributed by atoms with E-state index in [0.29, 0.717) is 13.1 Å². The highest BCUT2D eigenvalue weighted by molar-refractivity contribution is 9.10. The summed E-state index contributed by atoms with van der Waals surface area (Å²) in [6.45, 7) is 7.14. The van der Waals surface area contributed by atoms with Crippen LogP contribution in [0.4, 0.5) is 0 Å². The lowest BCUT2D eigenvalue weighted by Gasteiger charge is -2.24. The van der Waals surface area contributed by atoms with E-state index in [1.165, 1.54) is 0 Å². The summed E-state index contributed by atoms with van der Waals surface area (Å²) in [5.74, 6) is 0.0360. The fourth-order valence-corrected chi connectivity index (χ4v) is 1.89. The maximum atomic E-state index is 11.7. The molecule has 0 bridgehead atoms. The van der Waals surface area contributed by atoms with Crippen LogP contribution in [0.5, 0.6) is 0 Å². The Hall–Kier alpha value is -0.870. The zero-order valence-electron chi connectivity index (χ0n) is 11.2. The Morgan fingerprint density at radius 3 is 2.61 bits per heavy atom. The normalized spacial score (nSPS) is 11.3. The summed E-state index contributed by atoms with van der Waals surface area (Å²) in [6, 6.07) is 7.99. The molecule has 4 heteroatoms. The van der Waals surface area contributed by atoms with Crippen molar-refractivity contribution in [3.63, 3.8) is 0 Å². The molecule has 0 heterocycles. The van der Waals surface area contributed by atoms with Gasteiger partial charge in [0.15, 0.2) is 0 Å². The third-order valence-corrected chi connectivity index (χ3v) is 3.69. The number of hydrogen-bond acceptors (Lipinski definition) is 2. The Balaban J connectivity index is 2.34. The second-order valence-electron chi connectivity index (χ2n) is 4.98. The molecule has 0 aliphatic heterocycles. The number of carbonyl (C=O) groups is 1. The van der Waals surface area contributed by atoms with E-state index < -0.39 is 0 Å². The molecular formula is C14H21BrN2O. The average molecular weight is 313 g/mol. The predicted molar refractivity (Wildman–Crippen MR) is 78.4 cm³/mol. The molecule has 3 nitrogen and oxygen atoms in total. The molecule has 0 atom stereocenters. The number of hydrogen-bond donors (Lipinski definition) is 2. The first-order valence-electron chi connectivity index (χ1n) is 6.20. The van der Waals surface area contributed by atoms with Crippen molar-refractivity contribution in [2.24, 2.45) is 0 Å². The molecule has 0 spiro atoms. The van der Waals surface area contributed by atoms with Gasteiger partial charge in [-0.05, 0) is 31.9 Å². The van der Waals surface area contributed by atoms with Crippen molar-refractivity contribution in [2.45, 2.75) is 39.3 Å². The van der Waals surface area contributed by atoms with E-state index in [9.17, 15) is 4.79 Å². The lowest BCUT2D eigenvalue weighted by Crippen LogP contribution is -2.46. The SMILES string of the molecule is CCC(C)(C)NC(=O)CNCc1ccccc1Br. The van der Waals surface area contributed by atoms with Gasteiger partial charge in [-0.3, -0.25) is 4.79 Å². The first kappa shape index (κ1) is 15.2. The van der Waals surface area contributed by atoms with Crippen LogP contribution in [-0.2, 0) is 11.3 Å². The van der Waals surface area contributed by atoms with E-state index in [0.717, 1.165) is 16.5 Å². The number of nitrogens with one attached hydrogen (secondary N) is 2. The molecule has 0 saturated carbocycles. The largest absolute Gasteiger partial charge is 0.350 e. The summed E-state index contributed by atoms with van der Waals surface area (Å²) >= 11 is 3.48. The van der Waals surface area contributed by atoms with Gasteiger partial charge in [0.2, 0.25) is 5.91 Å². The molecule has 0 fully saturated rings. The number of amides is 1. The second-order valence-corrected chi connectivity index (χ2v) is 5.83. The topological polar surface area (TPSA) is 41.1 Å². The van der Waals surface area contributed by atoms with Crippen molar-refractivity contribution in [1.29, 1.82) is 0 Å². The highest BCUT2D eigenvalue weighted by atomic mass is 79.9. The van der Waals surface area contributed by atoms with Gasteiger partial charge in [-0.1, -0.05) is 41.1 Å². The van der Waals surface area contributed by atoms with Crippen molar-refractivity contribution < 1.29 is 4.79 Å². The number of benzene rings is 1. The molecule has 0 aliphatic rings. The van der Waals surface area contributed by atoms with Crippen LogP contribution in [0.3, 0.4) is 0 Å². The van der Waals surface area contributed by atoms with Gasteiger partial charge in [-0.2, -0.15) is 0 Å². The smallest absolute Gasteiger partial charge is 0.234 e. The molecule has 0 aliphatic carbocycles. The maximum Gasteiger partial charge on any atom is 0.234 e. The maximum absolute atomic E-state index is 11.7. The molecule has 0 radical (unpaired) electrons. The van der Waals surface area contributed by atoms with Crippen LogP contribution in [-0.4, -0.2) is 18.0 Å². The Labute approximate surface area is 117 Å². The minimum atomic E-state index is -0.133. The summed E-state index contributed by atoms with van der Waals surface area (Å²) in [4.78, 5) is 11.7. The fraction of sp³-hybridized carbons (Fsp3) is 0.500. The van der Waals surface area contributed by atoms with Crippen LogP contribution in [0.2, 0.25) is 0 Å². The molecule has 1 aromatic carbocycles. The molecule has 18 heavy (non-hydrogen) atoms. The van der Waals surface area contributed by atoms with E-state index in [1.54, 1.807) is 0 Å². The highest BCUT2D eigenvalue weighted by Gasteiger charge is 2.17. The molecule has 0 saturated heterocycles. The first-order valence-corrected chi connectivity index (χ1v) is 6.99. The fourth-order valence-electron chi connectivity index (χ4n) is 1.46. The average Bonchev–Trinajstić information content (AvgIpc) is 2.31. The standard InChI is InChI=1S/C14H21BrN2O/c1-4-14(2,3)17-13(18)10-16-9-11-7-5-6-8-12(11)15/h5-8,16H,4,9-10H2,1-3H3,(H,17,18). The molecular weight excluding hydrogens is 292 g/mol. The Morgan fingerprint density at radius 1 is 1.33 bits per heavy atom. The summed E-state index contributed by atoms with van der Waals surface area (Å²) in [6.07, 6.45) is 0.920. The molecule has 0 unspecified atom stereocenters. The van der Waals surface area contributed by atoms with Gasteiger partial charge in [0.1, 0.15) is 0 Å². The highest BCUT2D eigenvalue weighted by Crippen LogP contribution is 2.15. The number of halogens is 1. The van der Waals surface area contributed by atoms with Crippen LogP contribution in [0.1, 0.15) is 32.8 Å². The van der Waals surface area contributed by atoms with Gasteiger partial charge >= 0.3 is 0 Å². The summed E-state index contributed by atoms with van der Waals surface area (Å²) < 4.78 is 1.06. The van der Waals surface area contributed by atoms with Crippen molar-refractivity contribution in [2.75, 3.05) is 6.54 Å². The van der Waals surface area contributed by atoms with Crippen LogP contribution in [0.25, 0.3) is 0 Å². The van der Waals surface area contributed by atoms with E-state index in [-0.39, 0.29) is 11.4 Å². The zero-order valence-corrected chi connectivity index (χ0v) is 12.8. The minimum Gasteiger partial charge on any atom is -0.350 e. The second kappa shape index (κ2) is 6.90. The Bertz CT molecular complexity index is 405. The van der Waals surface area contributed by atoms with Crippen molar-refractivity contribution in [1.82, 2.24) is 10.6 Å². The monoisotopic (exact) mass is 312 g/mol. The van der Waals surface area contributed by atoms with Gasteiger partial charge < -0.3 is 10.6 Å². The Morgan fingerprint density at radius 2 is 2.00 bits per heavy atom. The van der Waals surface area contributed by atoms with Gasteiger partial charge in [0, 0.05) is 16.6 Å². The van der Waals surface area contributed by atoms with E-state index in [1.807, 2.05) is 38.1 Å². The minimum absolute atomic E-state index is 0.0360. The van der Waals surface area contributed by atoms with Crippen molar-refractivity contribution in [3.05, 3.63) is 34.3 Å². The summed E-state index contributed by atoms with van der Waals surface area (Å²) in [5, 5.41) is 6.14. The van der Waals surface area contributed by atoms with E-state index in [2.05, 4.69) is 33.5 Å². The van der Waals surface area contributed by atoms with Crippen molar-refractivity contribution in [3.8, 4) is 0 Å². The zero-order chi connectivity index (χ0) is 13.6. The molecule has 100 valence electrons. The van der Waals surface area contributed by atoms with Crippen LogP contribution >= 0.6 is 15.9 Å². The third kappa shape index (κ3) is 5.19.